The summed E-state index contributed by atoms with van der Waals surface area (Å²) in [7, 11) is 2.91. The van der Waals surface area contributed by atoms with Gasteiger partial charge in [-0.3, -0.25) is 0 Å². The molecule has 1 aromatic rings. The largest absolute Gasteiger partial charge is 0.495 e. The molecule has 0 aromatic heterocycles. The zero-order valence-corrected chi connectivity index (χ0v) is 11.0. The van der Waals surface area contributed by atoms with E-state index in [2.05, 4.69) is 0 Å². The number of aliphatic hydroxyl groups is 1. The zero-order chi connectivity index (χ0) is 12.8. The van der Waals surface area contributed by atoms with Crippen LogP contribution in [0.5, 0.6) is 5.75 Å². The van der Waals surface area contributed by atoms with E-state index in [1.807, 2.05) is 6.92 Å². The van der Waals surface area contributed by atoms with Crippen molar-refractivity contribution < 1.29 is 19.4 Å². The van der Waals surface area contributed by atoms with Gasteiger partial charge < -0.3 is 14.6 Å². The molecule has 0 unspecified atom stereocenters. The van der Waals surface area contributed by atoms with Crippen LogP contribution in [-0.2, 0) is 4.74 Å². The summed E-state index contributed by atoms with van der Waals surface area (Å²) in [6, 6.07) is 3.52. The Hall–Kier alpha value is -1.20. The van der Waals surface area contributed by atoms with Gasteiger partial charge >= 0.3 is 5.97 Å². The lowest BCUT2D eigenvalue weighted by Gasteiger charge is -2.13. The molecule has 0 fully saturated rings. The minimum Gasteiger partial charge on any atom is -0.495 e. The smallest absolute Gasteiger partial charge is 0.338 e. The SMILES string of the molecule is COC(=O)c1ccc(SCCO)c(OC)c1C. The van der Waals surface area contributed by atoms with Gasteiger partial charge in [0, 0.05) is 16.2 Å². The standard InChI is InChI=1S/C12H16O4S/c1-8-9(12(14)16-3)4-5-10(11(8)15-2)17-7-6-13/h4-5,13H,6-7H2,1-3H3. The molecule has 4 nitrogen and oxygen atoms in total. The molecule has 0 aliphatic rings. The predicted molar refractivity (Wildman–Crippen MR) is 66.9 cm³/mol. The second-order valence-electron chi connectivity index (χ2n) is 3.33. The van der Waals surface area contributed by atoms with Crippen molar-refractivity contribution in [2.45, 2.75) is 11.8 Å². The molecule has 0 spiro atoms. The summed E-state index contributed by atoms with van der Waals surface area (Å²) in [6.45, 7) is 1.92. The van der Waals surface area contributed by atoms with Crippen LogP contribution in [0.25, 0.3) is 0 Å². The van der Waals surface area contributed by atoms with Crippen LogP contribution in [0.1, 0.15) is 15.9 Å². The maximum atomic E-state index is 11.5. The number of aliphatic hydroxyl groups excluding tert-OH is 1. The van der Waals surface area contributed by atoms with Crippen molar-refractivity contribution in [1.82, 2.24) is 0 Å². The summed E-state index contributed by atoms with van der Waals surface area (Å²) < 4.78 is 9.99. The first-order chi connectivity index (χ1) is 8.15. The Morgan fingerprint density at radius 2 is 2.12 bits per heavy atom. The first kappa shape index (κ1) is 13.9. The lowest BCUT2D eigenvalue weighted by molar-refractivity contribution is 0.0599. The van der Waals surface area contributed by atoms with Gasteiger partial charge in [0.15, 0.2) is 0 Å². The van der Waals surface area contributed by atoms with E-state index in [4.69, 9.17) is 14.6 Å². The predicted octanol–water partition coefficient (Wildman–Crippen LogP) is 1.87. The lowest BCUT2D eigenvalue weighted by atomic mass is 10.1. The highest BCUT2D eigenvalue weighted by atomic mass is 32.2. The first-order valence-corrected chi connectivity index (χ1v) is 6.13. The molecular formula is C12H16O4S. The Morgan fingerprint density at radius 1 is 1.41 bits per heavy atom. The summed E-state index contributed by atoms with van der Waals surface area (Å²) in [5.41, 5.74) is 1.25. The second kappa shape index (κ2) is 6.51. The van der Waals surface area contributed by atoms with E-state index in [0.29, 0.717) is 17.1 Å². The quantitative estimate of drug-likeness (QED) is 0.644. The van der Waals surface area contributed by atoms with E-state index in [1.54, 1.807) is 19.2 Å². The molecule has 17 heavy (non-hydrogen) atoms. The maximum absolute atomic E-state index is 11.5. The minimum absolute atomic E-state index is 0.103. The summed E-state index contributed by atoms with van der Waals surface area (Å²) in [4.78, 5) is 12.4. The molecule has 0 aliphatic heterocycles. The average Bonchev–Trinajstić information content (AvgIpc) is 2.35. The van der Waals surface area contributed by atoms with E-state index < -0.39 is 0 Å². The molecule has 0 saturated heterocycles. The number of hydrogen-bond donors (Lipinski definition) is 1. The van der Waals surface area contributed by atoms with Crippen molar-refractivity contribution in [2.24, 2.45) is 0 Å². The van der Waals surface area contributed by atoms with Gasteiger partial charge in [0.05, 0.1) is 26.4 Å². The van der Waals surface area contributed by atoms with Crippen LogP contribution in [0.3, 0.4) is 0 Å². The Bertz CT molecular complexity index is 404. The van der Waals surface area contributed by atoms with Crippen LogP contribution in [-0.4, -0.2) is 37.7 Å². The number of rotatable bonds is 5. The molecule has 1 rings (SSSR count). The van der Waals surface area contributed by atoms with Crippen LogP contribution >= 0.6 is 11.8 Å². The van der Waals surface area contributed by atoms with Crippen LogP contribution < -0.4 is 4.74 Å². The van der Waals surface area contributed by atoms with Crippen molar-refractivity contribution >= 4 is 17.7 Å². The number of methoxy groups -OCH3 is 2. The molecule has 0 aliphatic carbocycles. The van der Waals surface area contributed by atoms with Crippen LogP contribution in [0.15, 0.2) is 17.0 Å². The molecular weight excluding hydrogens is 240 g/mol. The van der Waals surface area contributed by atoms with E-state index in [-0.39, 0.29) is 12.6 Å². The van der Waals surface area contributed by atoms with Crippen molar-refractivity contribution in [3.8, 4) is 5.75 Å². The summed E-state index contributed by atoms with van der Waals surface area (Å²) in [5.74, 6) is 0.874. The Labute approximate surface area is 105 Å². The molecule has 0 atom stereocenters. The van der Waals surface area contributed by atoms with Gasteiger partial charge in [-0.1, -0.05) is 0 Å². The summed E-state index contributed by atoms with van der Waals surface area (Å²) >= 11 is 1.49. The molecule has 0 bridgehead atoms. The Kier molecular flexibility index (Phi) is 5.31. The number of esters is 1. The van der Waals surface area contributed by atoms with Gasteiger partial charge in [0.2, 0.25) is 0 Å². The molecule has 0 saturated carbocycles. The lowest BCUT2D eigenvalue weighted by Crippen LogP contribution is -2.05. The highest BCUT2D eigenvalue weighted by molar-refractivity contribution is 7.99. The highest BCUT2D eigenvalue weighted by Crippen LogP contribution is 2.34. The van der Waals surface area contributed by atoms with E-state index in [9.17, 15) is 4.79 Å². The van der Waals surface area contributed by atoms with Crippen molar-refractivity contribution in [3.05, 3.63) is 23.3 Å². The van der Waals surface area contributed by atoms with E-state index in [0.717, 1.165) is 10.5 Å². The van der Waals surface area contributed by atoms with Crippen LogP contribution in [0.2, 0.25) is 0 Å². The zero-order valence-electron chi connectivity index (χ0n) is 10.1. The van der Waals surface area contributed by atoms with Gasteiger partial charge in [0.1, 0.15) is 5.75 Å². The summed E-state index contributed by atoms with van der Waals surface area (Å²) in [6.07, 6.45) is 0. The number of benzene rings is 1. The topological polar surface area (TPSA) is 55.8 Å². The van der Waals surface area contributed by atoms with Crippen molar-refractivity contribution in [3.63, 3.8) is 0 Å². The van der Waals surface area contributed by atoms with E-state index in [1.165, 1.54) is 18.9 Å². The van der Waals surface area contributed by atoms with E-state index >= 15 is 0 Å². The molecule has 0 heterocycles. The molecule has 1 N–H and O–H groups in total. The number of carbonyl (C=O) groups is 1. The third-order valence-corrected chi connectivity index (χ3v) is 3.35. The highest BCUT2D eigenvalue weighted by Gasteiger charge is 2.16. The third-order valence-electron chi connectivity index (χ3n) is 2.33. The number of thioether (sulfide) groups is 1. The fourth-order valence-corrected chi connectivity index (χ4v) is 2.36. The van der Waals surface area contributed by atoms with Gasteiger partial charge in [-0.25, -0.2) is 4.79 Å². The van der Waals surface area contributed by atoms with Crippen LogP contribution in [0.4, 0.5) is 0 Å². The minimum atomic E-state index is -0.375. The number of carbonyl (C=O) groups excluding carboxylic acids is 1. The number of ether oxygens (including phenoxy) is 2. The third kappa shape index (κ3) is 3.14. The molecule has 0 amide bonds. The average molecular weight is 256 g/mol. The first-order valence-electron chi connectivity index (χ1n) is 5.15. The van der Waals surface area contributed by atoms with Gasteiger partial charge in [-0.2, -0.15) is 0 Å². The molecule has 1 aromatic carbocycles. The summed E-state index contributed by atoms with van der Waals surface area (Å²) in [5, 5.41) is 8.81. The molecule has 94 valence electrons. The second-order valence-corrected chi connectivity index (χ2v) is 4.47. The Morgan fingerprint density at radius 3 is 2.65 bits per heavy atom. The molecule has 0 radical (unpaired) electrons. The Balaban J connectivity index is 3.12. The normalized spacial score (nSPS) is 10.1. The maximum Gasteiger partial charge on any atom is 0.338 e. The van der Waals surface area contributed by atoms with Gasteiger partial charge in [0.25, 0.3) is 0 Å². The monoisotopic (exact) mass is 256 g/mol. The van der Waals surface area contributed by atoms with Gasteiger partial charge in [-0.05, 0) is 19.1 Å². The molecule has 5 heteroatoms. The fourth-order valence-electron chi connectivity index (χ4n) is 1.52. The van der Waals surface area contributed by atoms with Crippen molar-refractivity contribution in [1.29, 1.82) is 0 Å². The fraction of sp³-hybridized carbons (Fsp3) is 0.417. The van der Waals surface area contributed by atoms with Crippen molar-refractivity contribution in [2.75, 3.05) is 26.6 Å². The van der Waals surface area contributed by atoms with Crippen LogP contribution in [0, 0.1) is 6.92 Å². The number of hydrogen-bond acceptors (Lipinski definition) is 5. The van der Waals surface area contributed by atoms with Gasteiger partial charge in [-0.15, -0.1) is 11.8 Å².